The van der Waals surface area contributed by atoms with E-state index in [-0.39, 0.29) is 23.2 Å². The maximum atomic E-state index is 13.8. The molecule has 0 saturated heterocycles. The van der Waals surface area contributed by atoms with E-state index >= 15 is 0 Å². The predicted octanol–water partition coefficient (Wildman–Crippen LogP) is 5.58. The van der Waals surface area contributed by atoms with E-state index < -0.39 is 4.87 Å². The average molecular weight is 385 g/mol. The molecule has 0 radical (unpaired) electrons. The van der Waals surface area contributed by atoms with Crippen LogP contribution in [0.15, 0.2) is 60.8 Å². The highest BCUT2D eigenvalue weighted by atomic mass is 35.5. The fraction of sp³-hybridized carbons (Fsp3) is 0.273. The largest absolute Gasteiger partial charge is 0.323 e. The Hall–Kier alpha value is -2.46. The van der Waals surface area contributed by atoms with Gasteiger partial charge in [0, 0.05) is 11.8 Å². The highest BCUT2D eigenvalue weighted by Crippen LogP contribution is 2.31. The van der Waals surface area contributed by atoms with Gasteiger partial charge in [-0.1, -0.05) is 56.3 Å². The van der Waals surface area contributed by atoms with Gasteiger partial charge in [-0.3, -0.25) is 9.78 Å². The number of para-hydroxylation sites is 1. The Morgan fingerprint density at radius 3 is 2.63 bits per heavy atom. The summed E-state index contributed by atoms with van der Waals surface area (Å²) in [5.74, 6) is -0.416. The fourth-order valence-electron chi connectivity index (χ4n) is 3.25. The molecule has 0 bridgehead atoms. The Bertz CT molecular complexity index is 945. The number of benzene rings is 2. The molecule has 140 valence electrons. The number of amides is 1. The van der Waals surface area contributed by atoms with Gasteiger partial charge in [-0.2, -0.15) is 0 Å². The van der Waals surface area contributed by atoms with Crippen LogP contribution in [0.2, 0.25) is 0 Å². The first-order valence-corrected chi connectivity index (χ1v) is 9.34. The number of halogens is 2. The zero-order valence-corrected chi connectivity index (χ0v) is 16.1. The SMILES string of the molecule is CC(C)C[C@@](Cl)(Cc1ccccc1)C(=O)Nc1cnc2c(F)cccc2c1. The Morgan fingerprint density at radius 1 is 1.19 bits per heavy atom. The van der Waals surface area contributed by atoms with Gasteiger partial charge in [-0.25, -0.2) is 4.39 Å². The lowest BCUT2D eigenvalue weighted by molar-refractivity contribution is -0.119. The molecule has 0 spiro atoms. The third-order valence-electron chi connectivity index (χ3n) is 4.39. The summed E-state index contributed by atoms with van der Waals surface area (Å²) < 4.78 is 13.8. The molecule has 1 atom stereocenters. The summed E-state index contributed by atoms with van der Waals surface area (Å²) in [4.78, 5) is 16.1. The van der Waals surface area contributed by atoms with Crippen LogP contribution < -0.4 is 5.32 Å². The number of pyridine rings is 1. The van der Waals surface area contributed by atoms with Crippen LogP contribution in [0.1, 0.15) is 25.8 Å². The van der Waals surface area contributed by atoms with Crippen LogP contribution in [0, 0.1) is 11.7 Å². The van der Waals surface area contributed by atoms with E-state index in [1.165, 1.54) is 12.3 Å². The van der Waals surface area contributed by atoms with Crippen molar-refractivity contribution in [1.82, 2.24) is 4.98 Å². The van der Waals surface area contributed by atoms with Gasteiger partial charge in [0.15, 0.2) is 0 Å². The molecular formula is C22H22ClFN2O. The van der Waals surface area contributed by atoms with Crippen molar-refractivity contribution >= 4 is 34.1 Å². The number of alkyl halides is 1. The smallest absolute Gasteiger partial charge is 0.245 e. The molecule has 2 aromatic carbocycles. The summed E-state index contributed by atoms with van der Waals surface area (Å²) in [6, 6.07) is 16.2. The van der Waals surface area contributed by atoms with Crippen molar-refractivity contribution in [3.8, 4) is 0 Å². The van der Waals surface area contributed by atoms with Crippen LogP contribution in [0.3, 0.4) is 0 Å². The molecule has 5 heteroatoms. The number of nitrogens with zero attached hydrogens (tertiary/aromatic N) is 1. The molecule has 0 fully saturated rings. The lowest BCUT2D eigenvalue weighted by atomic mass is 9.89. The Balaban J connectivity index is 1.85. The first-order valence-electron chi connectivity index (χ1n) is 8.96. The minimum absolute atomic E-state index is 0.251. The van der Waals surface area contributed by atoms with E-state index in [4.69, 9.17) is 11.6 Å². The van der Waals surface area contributed by atoms with E-state index in [0.717, 1.165) is 5.56 Å². The minimum atomic E-state index is -1.08. The summed E-state index contributed by atoms with van der Waals surface area (Å²) >= 11 is 6.82. The highest BCUT2D eigenvalue weighted by Gasteiger charge is 2.37. The molecule has 0 aliphatic carbocycles. The fourth-order valence-corrected chi connectivity index (χ4v) is 3.76. The van der Waals surface area contributed by atoms with Crippen LogP contribution in [0.25, 0.3) is 10.9 Å². The Kier molecular flexibility index (Phi) is 5.76. The monoisotopic (exact) mass is 384 g/mol. The van der Waals surface area contributed by atoms with Crippen molar-refractivity contribution in [3.63, 3.8) is 0 Å². The van der Waals surface area contributed by atoms with Gasteiger partial charge in [0.05, 0.1) is 11.9 Å². The zero-order chi connectivity index (χ0) is 19.4. The van der Waals surface area contributed by atoms with Crippen LogP contribution in [-0.2, 0) is 11.2 Å². The molecule has 3 nitrogen and oxygen atoms in total. The summed E-state index contributed by atoms with van der Waals surface area (Å²) in [6.07, 6.45) is 2.42. The molecule has 3 rings (SSSR count). The molecular weight excluding hydrogens is 363 g/mol. The van der Waals surface area contributed by atoms with E-state index in [2.05, 4.69) is 10.3 Å². The number of nitrogens with one attached hydrogen (secondary N) is 1. The zero-order valence-electron chi connectivity index (χ0n) is 15.4. The second kappa shape index (κ2) is 8.05. The third kappa shape index (κ3) is 4.64. The van der Waals surface area contributed by atoms with Gasteiger partial charge in [0.25, 0.3) is 0 Å². The second-order valence-corrected chi connectivity index (χ2v) is 7.94. The van der Waals surface area contributed by atoms with Gasteiger partial charge in [-0.15, -0.1) is 11.6 Å². The molecule has 0 aliphatic heterocycles. The van der Waals surface area contributed by atoms with Crippen molar-refractivity contribution in [2.24, 2.45) is 5.92 Å². The molecule has 0 aliphatic rings. The normalized spacial score (nSPS) is 13.5. The molecule has 0 saturated carbocycles. The number of fused-ring (bicyclic) bond motifs is 1. The van der Waals surface area contributed by atoms with Gasteiger partial charge < -0.3 is 5.32 Å². The number of carbonyl (C=O) groups excluding carboxylic acids is 1. The van der Waals surface area contributed by atoms with Crippen LogP contribution in [0.4, 0.5) is 10.1 Å². The van der Waals surface area contributed by atoms with Crippen LogP contribution >= 0.6 is 11.6 Å². The molecule has 0 unspecified atom stereocenters. The highest BCUT2D eigenvalue weighted by molar-refractivity contribution is 6.36. The molecule has 1 aromatic heterocycles. The van der Waals surface area contributed by atoms with Gasteiger partial charge >= 0.3 is 0 Å². The van der Waals surface area contributed by atoms with Crippen molar-refractivity contribution in [2.45, 2.75) is 31.6 Å². The van der Waals surface area contributed by atoms with Gasteiger partial charge in [0.2, 0.25) is 5.91 Å². The van der Waals surface area contributed by atoms with E-state index in [1.807, 2.05) is 44.2 Å². The number of rotatable bonds is 6. The molecule has 1 N–H and O–H groups in total. The topological polar surface area (TPSA) is 42.0 Å². The lowest BCUT2D eigenvalue weighted by Gasteiger charge is -2.28. The average Bonchev–Trinajstić information content (AvgIpc) is 2.62. The molecule has 1 heterocycles. The number of carbonyl (C=O) groups is 1. The first-order chi connectivity index (χ1) is 12.9. The quantitative estimate of drug-likeness (QED) is 0.564. The number of hydrogen-bond acceptors (Lipinski definition) is 2. The van der Waals surface area contributed by atoms with E-state index in [0.29, 0.717) is 23.9 Å². The van der Waals surface area contributed by atoms with E-state index in [1.54, 1.807) is 18.2 Å². The van der Waals surface area contributed by atoms with Crippen molar-refractivity contribution in [2.75, 3.05) is 5.32 Å². The third-order valence-corrected chi connectivity index (χ3v) is 4.85. The molecule has 27 heavy (non-hydrogen) atoms. The Labute approximate surface area is 163 Å². The number of hydrogen-bond donors (Lipinski definition) is 1. The molecule has 1 amide bonds. The maximum absolute atomic E-state index is 13.8. The molecule has 3 aromatic rings. The summed E-state index contributed by atoms with van der Waals surface area (Å²) in [5.41, 5.74) is 1.78. The number of anilines is 1. The van der Waals surface area contributed by atoms with Crippen molar-refractivity contribution < 1.29 is 9.18 Å². The minimum Gasteiger partial charge on any atom is -0.323 e. The number of aromatic nitrogens is 1. The summed E-state index contributed by atoms with van der Waals surface area (Å²) in [5, 5.41) is 3.49. The van der Waals surface area contributed by atoms with Gasteiger partial charge in [0.1, 0.15) is 16.2 Å². The van der Waals surface area contributed by atoms with Crippen molar-refractivity contribution in [3.05, 3.63) is 72.2 Å². The van der Waals surface area contributed by atoms with Gasteiger partial charge in [-0.05, 0) is 30.0 Å². The predicted molar refractivity (Wildman–Crippen MR) is 109 cm³/mol. The van der Waals surface area contributed by atoms with Crippen molar-refractivity contribution in [1.29, 1.82) is 0 Å². The van der Waals surface area contributed by atoms with Crippen LogP contribution in [0.5, 0.6) is 0 Å². The maximum Gasteiger partial charge on any atom is 0.245 e. The standard InChI is InChI=1S/C22H22ClFN2O/c1-15(2)12-22(23,13-16-7-4-3-5-8-16)21(27)26-18-11-17-9-6-10-19(24)20(17)25-14-18/h3-11,14-15H,12-13H2,1-2H3,(H,26,27)/t22-/m1/s1. The lowest BCUT2D eigenvalue weighted by Crippen LogP contribution is -2.41. The second-order valence-electron chi connectivity index (χ2n) is 7.22. The van der Waals surface area contributed by atoms with E-state index in [9.17, 15) is 9.18 Å². The Morgan fingerprint density at radius 2 is 1.93 bits per heavy atom. The summed E-state index contributed by atoms with van der Waals surface area (Å²) in [6.45, 7) is 4.07. The summed E-state index contributed by atoms with van der Waals surface area (Å²) in [7, 11) is 0. The van der Waals surface area contributed by atoms with Crippen LogP contribution in [-0.4, -0.2) is 15.8 Å². The first kappa shape index (κ1) is 19.3.